The maximum atomic E-state index is 4.08. The van der Waals surface area contributed by atoms with Crippen molar-refractivity contribution in [1.82, 2.24) is 4.98 Å². The van der Waals surface area contributed by atoms with Crippen LogP contribution in [-0.2, 0) is 0 Å². The van der Waals surface area contributed by atoms with Gasteiger partial charge in [0.05, 0.1) is 5.51 Å². The highest BCUT2D eigenvalue weighted by Crippen LogP contribution is 2.35. The molecule has 0 aromatic carbocycles. The molecule has 1 atom stereocenters. The molecule has 0 aliphatic rings. The quantitative estimate of drug-likeness (QED) is 0.628. The largest absolute Gasteiger partial charge is 0.253 e. The molecule has 0 aliphatic heterocycles. The van der Waals surface area contributed by atoms with E-state index in [0.717, 1.165) is 0 Å². The van der Waals surface area contributed by atoms with Crippen LogP contribution in [0, 0.1) is 5.41 Å². The normalized spacial score (nSPS) is 14.9. The molecule has 62 valence electrons. The monoisotopic (exact) mass is 169 g/mol. The molecule has 1 heterocycles. The van der Waals surface area contributed by atoms with E-state index in [9.17, 15) is 0 Å². The summed E-state index contributed by atoms with van der Waals surface area (Å²) in [7, 11) is 0. The van der Waals surface area contributed by atoms with Gasteiger partial charge in [-0.05, 0) is 11.3 Å². The predicted octanol–water partition coefficient (Wildman–Crippen LogP) is 3.29. The summed E-state index contributed by atoms with van der Waals surface area (Å²) < 4.78 is 0. The van der Waals surface area contributed by atoms with Crippen LogP contribution in [-0.4, -0.2) is 4.98 Å². The van der Waals surface area contributed by atoms with E-state index in [1.807, 2.05) is 11.7 Å². The molecule has 0 saturated carbocycles. The highest BCUT2D eigenvalue weighted by molar-refractivity contribution is 7.09. The molecule has 1 aromatic heterocycles. The fraction of sp³-hybridized carbons (Fsp3) is 0.667. The summed E-state index contributed by atoms with van der Waals surface area (Å²) in [6, 6.07) is 0. The zero-order valence-electron chi connectivity index (χ0n) is 7.59. The first-order valence-electron chi connectivity index (χ1n) is 3.90. The molecule has 0 amide bonds. The minimum absolute atomic E-state index is 0.354. The first kappa shape index (κ1) is 8.72. The topological polar surface area (TPSA) is 12.9 Å². The second-order valence-electron chi connectivity index (χ2n) is 3.99. The first-order valence-corrected chi connectivity index (χ1v) is 4.78. The van der Waals surface area contributed by atoms with E-state index >= 15 is 0 Å². The van der Waals surface area contributed by atoms with Crippen molar-refractivity contribution in [2.45, 2.75) is 33.6 Å². The number of hydrogen-bond donors (Lipinski definition) is 0. The molecule has 0 fully saturated rings. The first-order chi connectivity index (χ1) is 5.02. The molecule has 0 radical (unpaired) electrons. The molecule has 11 heavy (non-hydrogen) atoms. The van der Waals surface area contributed by atoms with Gasteiger partial charge in [0.15, 0.2) is 0 Å². The summed E-state index contributed by atoms with van der Waals surface area (Å²) in [4.78, 5) is 5.46. The molecule has 1 rings (SSSR count). The second kappa shape index (κ2) is 2.94. The van der Waals surface area contributed by atoms with Gasteiger partial charge in [-0.25, -0.2) is 0 Å². The minimum Gasteiger partial charge on any atom is -0.253 e. The van der Waals surface area contributed by atoms with Crippen LogP contribution < -0.4 is 0 Å². The van der Waals surface area contributed by atoms with Gasteiger partial charge in [0.2, 0.25) is 0 Å². The van der Waals surface area contributed by atoms with Gasteiger partial charge in [0, 0.05) is 11.1 Å². The molecule has 0 spiro atoms. The lowest BCUT2D eigenvalue weighted by molar-refractivity contribution is 0.343. The van der Waals surface area contributed by atoms with Crippen LogP contribution in [0.4, 0.5) is 0 Å². The molecule has 0 aliphatic carbocycles. The van der Waals surface area contributed by atoms with Crippen LogP contribution in [0.1, 0.15) is 38.5 Å². The van der Waals surface area contributed by atoms with E-state index in [0.29, 0.717) is 11.3 Å². The average Bonchev–Trinajstić information content (AvgIpc) is 2.34. The van der Waals surface area contributed by atoms with Gasteiger partial charge in [0.1, 0.15) is 0 Å². The van der Waals surface area contributed by atoms with E-state index in [4.69, 9.17) is 0 Å². The Bertz CT molecular complexity index is 208. The number of rotatable bonds is 1. The number of aromatic nitrogens is 1. The second-order valence-corrected chi connectivity index (χ2v) is 4.91. The van der Waals surface area contributed by atoms with Crippen molar-refractivity contribution in [2.75, 3.05) is 0 Å². The van der Waals surface area contributed by atoms with Gasteiger partial charge in [0.25, 0.3) is 0 Å². The third kappa shape index (κ3) is 2.03. The smallest absolute Gasteiger partial charge is 0.0794 e. The summed E-state index contributed by atoms with van der Waals surface area (Å²) in [6.45, 7) is 9.04. The Morgan fingerprint density at radius 2 is 2.09 bits per heavy atom. The van der Waals surface area contributed by atoms with Crippen LogP contribution in [0.25, 0.3) is 0 Å². The molecule has 1 unspecified atom stereocenters. The lowest BCUT2D eigenvalue weighted by Gasteiger charge is -2.25. The fourth-order valence-electron chi connectivity index (χ4n) is 0.866. The van der Waals surface area contributed by atoms with Gasteiger partial charge in [-0.2, -0.15) is 0 Å². The molecule has 0 saturated heterocycles. The van der Waals surface area contributed by atoms with Crippen molar-refractivity contribution in [3.63, 3.8) is 0 Å². The Morgan fingerprint density at radius 1 is 1.45 bits per heavy atom. The highest BCUT2D eigenvalue weighted by Gasteiger charge is 2.22. The molecule has 1 aromatic rings. The number of hydrogen-bond acceptors (Lipinski definition) is 2. The lowest BCUT2D eigenvalue weighted by Crippen LogP contribution is -2.13. The van der Waals surface area contributed by atoms with E-state index in [-0.39, 0.29) is 0 Å². The summed E-state index contributed by atoms with van der Waals surface area (Å²) in [5, 5.41) is 0. The van der Waals surface area contributed by atoms with E-state index in [1.54, 1.807) is 11.3 Å². The zero-order chi connectivity index (χ0) is 8.48. The molecular weight excluding hydrogens is 154 g/mol. The fourth-order valence-corrected chi connectivity index (χ4v) is 1.79. The summed E-state index contributed by atoms with van der Waals surface area (Å²) >= 11 is 1.75. The molecule has 0 bridgehead atoms. The van der Waals surface area contributed by atoms with Crippen LogP contribution in [0.2, 0.25) is 0 Å². The Balaban J connectivity index is 2.78. The Labute approximate surface area is 72.5 Å². The van der Waals surface area contributed by atoms with Crippen LogP contribution >= 0.6 is 11.3 Å². The van der Waals surface area contributed by atoms with E-state index < -0.39 is 0 Å². The zero-order valence-corrected chi connectivity index (χ0v) is 8.40. The maximum Gasteiger partial charge on any atom is 0.0794 e. The summed E-state index contributed by atoms with van der Waals surface area (Å²) in [5.74, 6) is 0.606. The van der Waals surface area contributed by atoms with Crippen LogP contribution in [0.15, 0.2) is 11.7 Å². The van der Waals surface area contributed by atoms with Gasteiger partial charge in [-0.1, -0.05) is 27.7 Å². The van der Waals surface area contributed by atoms with Crippen molar-refractivity contribution in [3.8, 4) is 0 Å². The van der Waals surface area contributed by atoms with Gasteiger partial charge >= 0.3 is 0 Å². The third-order valence-electron chi connectivity index (χ3n) is 2.18. The van der Waals surface area contributed by atoms with Crippen LogP contribution in [0.5, 0.6) is 0 Å². The van der Waals surface area contributed by atoms with Crippen molar-refractivity contribution in [1.29, 1.82) is 0 Å². The van der Waals surface area contributed by atoms with Crippen molar-refractivity contribution in [3.05, 3.63) is 16.6 Å². The molecule has 0 N–H and O–H groups in total. The summed E-state index contributed by atoms with van der Waals surface area (Å²) in [6.07, 6.45) is 1.97. The van der Waals surface area contributed by atoms with Gasteiger partial charge < -0.3 is 0 Å². The number of thiazole rings is 1. The SMILES string of the molecule is CC(c1cncs1)C(C)(C)C. The molecule has 2 heteroatoms. The molecular formula is C9H15NS. The average molecular weight is 169 g/mol. The van der Waals surface area contributed by atoms with Crippen LogP contribution in [0.3, 0.4) is 0 Å². The van der Waals surface area contributed by atoms with E-state index in [1.165, 1.54) is 4.88 Å². The highest BCUT2D eigenvalue weighted by atomic mass is 32.1. The number of nitrogens with zero attached hydrogens (tertiary/aromatic N) is 1. The van der Waals surface area contributed by atoms with Gasteiger partial charge in [-0.15, -0.1) is 11.3 Å². The Kier molecular flexibility index (Phi) is 2.33. The van der Waals surface area contributed by atoms with Gasteiger partial charge in [-0.3, -0.25) is 4.98 Å². The third-order valence-corrected chi connectivity index (χ3v) is 3.14. The molecule has 1 nitrogen and oxygen atoms in total. The Morgan fingerprint density at radius 3 is 2.45 bits per heavy atom. The van der Waals surface area contributed by atoms with Crippen molar-refractivity contribution < 1.29 is 0 Å². The van der Waals surface area contributed by atoms with Crippen molar-refractivity contribution >= 4 is 11.3 Å². The minimum atomic E-state index is 0.354. The lowest BCUT2D eigenvalue weighted by atomic mass is 9.81. The maximum absolute atomic E-state index is 4.08. The summed E-state index contributed by atoms with van der Waals surface area (Å²) in [5.41, 5.74) is 2.25. The predicted molar refractivity (Wildman–Crippen MR) is 50.0 cm³/mol. The standard InChI is InChI=1S/C9H15NS/c1-7(9(2,3)4)8-5-10-6-11-8/h5-7H,1-4H3. The van der Waals surface area contributed by atoms with Crippen molar-refractivity contribution in [2.24, 2.45) is 5.41 Å². The Hall–Kier alpha value is -0.370. The van der Waals surface area contributed by atoms with E-state index in [2.05, 4.69) is 32.7 Å².